The molecule has 0 unspecified atom stereocenters. The van der Waals surface area contributed by atoms with Crippen LogP contribution >= 0.6 is 0 Å². The van der Waals surface area contributed by atoms with Crippen molar-refractivity contribution >= 4 is 16.8 Å². The summed E-state index contributed by atoms with van der Waals surface area (Å²) >= 11 is 0. The van der Waals surface area contributed by atoms with Gasteiger partial charge in [-0.1, -0.05) is 17.7 Å². The van der Waals surface area contributed by atoms with Crippen molar-refractivity contribution in [3.63, 3.8) is 0 Å². The highest BCUT2D eigenvalue weighted by Gasteiger charge is 2.08. The van der Waals surface area contributed by atoms with Crippen LogP contribution in [-0.4, -0.2) is 17.4 Å². The van der Waals surface area contributed by atoms with E-state index in [0.717, 1.165) is 23.1 Å². The van der Waals surface area contributed by atoms with Crippen molar-refractivity contribution in [2.75, 3.05) is 6.54 Å². The maximum Gasteiger partial charge on any atom is 0.251 e. The minimum atomic E-state index is -0.0101. The van der Waals surface area contributed by atoms with Gasteiger partial charge in [0.1, 0.15) is 0 Å². The van der Waals surface area contributed by atoms with E-state index in [1.54, 1.807) is 0 Å². The highest BCUT2D eigenvalue weighted by Crippen LogP contribution is 2.20. The molecule has 0 bridgehead atoms. The van der Waals surface area contributed by atoms with E-state index < -0.39 is 0 Å². The van der Waals surface area contributed by atoms with Gasteiger partial charge in [-0.25, -0.2) is 0 Å². The van der Waals surface area contributed by atoms with Gasteiger partial charge < -0.3 is 10.3 Å². The number of aromatic amines is 1. The fourth-order valence-electron chi connectivity index (χ4n) is 2.79. The molecule has 2 N–H and O–H groups in total. The lowest BCUT2D eigenvalue weighted by atomic mass is 10.1. The SMILES string of the molecule is Cc1ccc2[nH]cc(CCNC(=O)c3ccc(C)c(C)c3)c2c1. The van der Waals surface area contributed by atoms with Crippen molar-refractivity contribution in [2.24, 2.45) is 0 Å². The van der Waals surface area contributed by atoms with Crippen molar-refractivity contribution in [1.82, 2.24) is 10.3 Å². The highest BCUT2D eigenvalue weighted by atomic mass is 16.1. The number of nitrogens with one attached hydrogen (secondary N) is 2. The number of H-pyrrole nitrogens is 1. The quantitative estimate of drug-likeness (QED) is 0.750. The van der Waals surface area contributed by atoms with Crippen LogP contribution in [0.5, 0.6) is 0 Å². The van der Waals surface area contributed by atoms with Gasteiger partial charge in [0.05, 0.1) is 0 Å². The molecule has 3 heteroatoms. The lowest BCUT2D eigenvalue weighted by molar-refractivity contribution is 0.0954. The van der Waals surface area contributed by atoms with E-state index in [2.05, 4.69) is 42.3 Å². The van der Waals surface area contributed by atoms with Gasteiger partial charge in [-0.2, -0.15) is 0 Å². The predicted molar refractivity (Wildman–Crippen MR) is 95.0 cm³/mol. The van der Waals surface area contributed by atoms with Crippen LogP contribution in [0.25, 0.3) is 10.9 Å². The summed E-state index contributed by atoms with van der Waals surface area (Å²) in [5.41, 5.74) is 6.70. The molecule has 0 aliphatic rings. The topological polar surface area (TPSA) is 44.9 Å². The third kappa shape index (κ3) is 3.29. The largest absolute Gasteiger partial charge is 0.361 e. The average molecular weight is 306 g/mol. The van der Waals surface area contributed by atoms with Gasteiger partial charge in [-0.15, -0.1) is 0 Å². The summed E-state index contributed by atoms with van der Waals surface area (Å²) in [5, 5.41) is 4.25. The van der Waals surface area contributed by atoms with Crippen LogP contribution in [0.2, 0.25) is 0 Å². The molecular weight excluding hydrogens is 284 g/mol. The van der Waals surface area contributed by atoms with Gasteiger partial charge in [0.25, 0.3) is 5.91 Å². The molecule has 1 heterocycles. The molecule has 0 aliphatic heterocycles. The van der Waals surface area contributed by atoms with E-state index in [0.29, 0.717) is 6.54 Å². The molecule has 118 valence electrons. The van der Waals surface area contributed by atoms with E-state index in [9.17, 15) is 4.79 Å². The molecular formula is C20H22N2O. The van der Waals surface area contributed by atoms with Crippen molar-refractivity contribution < 1.29 is 4.79 Å². The van der Waals surface area contributed by atoms with Crippen LogP contribution in [0.15, 0.2) is 42.6 Å². The van der Waals surface area contributed by atoms with Gasteiger partial charge >= 0.3 is 0 Å². The normalized spacial score (nSPS) is 10.9. The van der Waals surface area contributed by atoms with Gasteiger partial charge in [-0.3, -0.25) is 4.79 Å². The Balaban J connectivity index is 1.65. The number of aromatic nitrogens is 1. The zero-order chi connectivity index (χ0) is 16.4. The van der Waals surface area contributed by atoms with Crippen LogP contribution < -0.4 is 5.32 Å². The fraction of sp³-hybridized carbons (Fsp3) is 0.250. The minimum absolute atomic E-state index is 0.0101. The van der Waals surface area contributed by atoms with Crippen LogP contribution in [-0.2, 0) is 6.42 Å². The summed E-state index contributed by atoms with van der Waals surface area (Å²) in [6, 6.07) is 12.2. The number of hydrogen-bond donors (Lipinski definition) is 2. The Bertz CT molecular complexity index is 861. The molecule has 3 aromatic rings. The Hall–Kier alpha value is -2.55. The lowest BCUT2D eigenvalue weighted by Gasteiger charge is -2.07. The molecule has 0 saturated carbocycles. The number of hydrogen-bond acceptors (Lipinski definition) is 1. The van der Waals surface area contributed by atoms with Crippen molar-refractivity contribution in [3.05, 3.63) is 70.4 Å². The van der Waals surface area contributed by atoms with E-state index in [-0.39, 0.29) is 5.91 Å². The molecule has 23 heavy (non-hydrogen) atoms. The smallest absolute Gasteiger partial charge is 0.251 e. The van der Waals surface area contributed by atoms with E-state index in [1.807, 2.05) is 31.3 Å². The third-order valence-corrected chi connectivity index (χ3v) is 4.37. The number of benzene rings is 2. The van der Waals surface area contributed by atoms with Gasteiger partial charge in [0, 0.05) is 29.2 Å². The Morgan fingerprint density at radius 2 is 1.87 bits per heavy atom. The van der Waals surface area contributed by atoms with Crippen molar-refractivity contribution in [1.29, 1.82) is 0 Å². The number of rotatable bonds is 4. The maximum atomic E-state index is 12.2. The first-order valence-electron chi connectivity index (χ1n) is 7.96. The molecule has 0 spiro atoms. The number of aryl methyl sites for hydroxylation is 3. The zero-order valence-corrected chi connectivity index (χ0v) is 13.9. The van der Waals surface area contributed by atoms with Crippen LogP contribution in [0.3, 0.4) is 0 Å². The molecule has 3 nitrogen and oxygen atoms in total. The second-order valence-electron chi connectivity index (χ2n) is 6.17. The highest BCUT2D eigenvalue weighted by molar-refractivity contribution is 5.94. The number of carbonyl (C=O) groups is 1. The molecule has 3 rings (SSSR count). The monoisotopic (exact) mass is 306 g/mol. The first kappa shape index (κ1) is 15.3. The van der Waals surface area contributed by atoms with Gasteiger partial charge in [0.2, 0.25) is 0 Å². The van der Waals surface area contributed by atoms with Gasteiger partial charge in [-0.05, 0) is 68.1 Å². The Kier molecular flexibility index (Phi) is 4.20. The molecule has 0 aliphatic carbocycles. The molecule has 1 amide bonds. The number of amides is 1. The van der Waals surface area contributed by atoms with Crippen LogP contribution in [0, 0.1) is 20.8 Å². The lowest BCUT2D eigenvalue weighted by Crippen LogP contribution is -2.25. The number of carbonyl (C=O) groups excluding carboxylic acids is 1. The Morgan fingerprint density at radius 3 is 2.65 bits per heavy atom. The van der Waals surface area contributed by atoms with Crippen molar-refractivity contribution in [2.45, 2.75) is 27.2 Å². The standard InChI is InChI=1S/C20H22N2O/c1-13-4-7-19-18(10-13)17(12-22-19)8-9-21-20(23)16-6-5-14(2)15(3)11-16/h4-7,10-12,22H,8-9H2,1-3H3,(H,21,23). The minimum Gasteiger partial charge on any atom is -0.361 e. The summed E-state index contributed by atoms with van der Waals surface area (Å²) in [6.45, 7) is 6.81. The van der Waals surface area contributed by atoms with Gasteiger partial charge in [0.15, 0.2) is 0 Å². The first-order chi connectivity index (χ1) is 11.0. The second kappa shape index (κ2) is 6.29. The summed E-state index contributed by atoms with van der Waals surface area (Å²) < 4.78 is 0. The van der Waals surface area contributed by atoms with E-state index in [1.165, 1.54) is 22.1 Å². The average Bonchev–Trinajstić information content (AvgIpc) is 2.92. The Morgan fingerprint density at radius 1 is 1.04 bits per heavy atom. The summed E-state index contributed by atoms with van der Waals surface area (Å²) in [6.07, 6.45) is 2.85. The molecule has 0 saturated heterocycles. The van der Waals surface area contributed by atoms with Crippen LogP contribution in [0.1, 0.15) is 32.6 Å². The zero-order valence-electron chi connectivity index (χ0n) is 13.9. The first-order valence-corrected chi connectivity index (χ1v) is 7.96. The predicted octanol–water partition coefficient (Wildman–Crippen LogP) is 4.07. The summed E-state index contributed by atoms with van der Waals surface area (Å²) in [7, 11) is 0. The van der Waals surface area contributed by atoms with E-state index in [4.69, 9.17) is 0 Å². The molecule has 2 aromatic carbocycles. The molecule has 1 aromatic heterocycles. The second-order valence-corrected chi connectivity index (χ2v) is 6.17. The third-order valence-electron chi connectivity index (χ3n) is 4.37. The molecule has 0 fully saturated rings. The van der Waals surface area contributed by atoms with Crippen LogP contribution in [0.4, 0.5) is 0 Å². The molecule has 0 atom stereocenters. The molecule has 0 radical (unpaired) electrons. The maximum absolute atomic E-state index is 12.2. The summed E-state index contributed by atoms with van der Waals surface area (Å²) in [4.78, 5) is 15.5. The van der Waals surface area contributed by atoms with Crippen molar-refractivity contribution in [3.8, 4) is 0 Å². The van der Waals surface area contributed by atoms with E-state index >= 15 is 0 Å². The Labute approximate surface area is 136 Å². The summed E-state index contributed by atoms with van der Waals surface area (Å²) in [5.74, 6) is -0.0101. The fourth-order valence-corrected chi connectivity index (χ4v) is 2.79. The number of fused-ring (bicyclic) bond motifs is 1.